The van der Waals surface area contributed by atoms with Gasteiger partial charge in [0.15, 0.2) is 0 Å². The molecule has 11 atom stereocenters. The Hall–Kier alpha value is -4.65. The van der Waals surface area contributed by atoms with Crippen LogP contribution in [0, 0.1) is 40.8 Å². The molecule has 11 unspecified atom stereocenters. The Morgan fingerprint density at radius 2 is 1.70 bits per heavy atom. The molecule has 0 aromatic heterocycles. The Bertz CT molecular complexity index is 2030. The normalized spacial score (nSPS) is 26.8. The Labute approximate surface area is 377 Å². The van der Waals surface area contributed by atoms with Crippen LogP contribution in [-0.2, 0) is 19.1 Å². The highest BCUT2D eigenvalue weighted by atomic mass is 19.1. The number of β-lactam (4-membered cyclic amide) rings is 1. The third-order valence-electron chi connectivity index (χ3n) is 13.8. The molecule has 0 saturated carbocycles. The van der Waals surface area contributed by atoms with Crippen molar-refractivity contribution in [2.24, 2.45) is 35.0 Å². The Balaban J connectivity index is 0.927. The fourth-order valence-electron chi connectivity index (χ4n) is 9.56. The second kappa shape index (κ2) is 22.0. The Morgan fingerprint density at radius 1 is 0.969 bits per heavy atom. The summed E-state index contributed by atoms with van der Waals surface area (Å²) in [6.45, 7) is 10.8. The first-order valence-electron chi connectivity index (χ1n) is 23.3. The van der Waals surface area contributed by atoms with Crippen molar-refractivity contribution in [3.05, 3.63) is 108 Å². The van der Waals surface area contributed by atoms with E-state index in [1.807, 2.05) is 45.0 Å². The van der Waals surface area contributed by atoms with Gasteiger partial charge in [-0.3, -0.25) is 14.4 Å². The summed E-state index contributed by atoms with van der Waals surface area (Å²) in [5.74, 6) is -0.116. The van der Waals surface area contributed by atoms with Gasteiger partial charge in [0.1, 0.15) is 23.8 Å². The molecule has 6 rings (SSSR count). The second-order valence-electron chi connectivity index (χ2n) is 19.1. The van der Waals surface area contributed by atoms with Crippen LogP contribution in [-0.4, -0.2) is 76.8 Å². The lowest BCUT2D eigenvalue weighted by Gasteiger charge is -2.48. The van der Waals surface area contributed by atoms with Crippen molar-refractivity contribution in [2.75, 3.05) is 18.1 Å². The van der Waals surface area contributed by atoms with Gasteiger partial charge in [0.25, 0.3) is 0 Å². The average molecular weight is 887 g/mol. The molecule has 0 spiro atoms. The van der Waals surface area contributed by atoms with E-state index in [-0.39, 0.29) is 72.9 Å². The number of carbonyl (C=O) groups excluding carboxylic acids is 3. The van der Waals surface area contributed by atoms with Crippen molar-refractivity contribution in [1.29, 1.82) is 0 Å². The number of amides is 2. The van der Waals surface area contributed by atoms with Crippen molar-refractivity contribution >= 4 is 23.5 Å². The lowest BCUT2D eigenvalue weighted by molar-refractivity contribution is -0.164. The zero-order valence-electron chi connectivity index (χ0n) is 38.0. The molecule has 3 aliphatic carbocycles. The molecule has 4 N–H and O–H groups in total. The summed E-state index contributed by atoms with van der Waals surface area (Å²) in [7, 11) is 0. The zero-order chi connectivity index (χ0) is 46.1. The molecule has 2 amide bonds. The SMILES string of the molecule is CCC(C)(C)C(=O)OC1CC(C)C=C2C=CC(C)C(CCC(O)CC(O)CC(=O)NCCCOc3ccc(C4C(CCC(O)C5=CCC(F)C=C5)C(=O)N4c4ccc(F)cc4)cc3)C21. The van der Waals surface area contributed by atoms with E-state index in [0.717, 1.165) is 12.0 Å². The molecular weight excluding hydrogens is 819 g/mol. The molecule has 1 aliphatic heterocycles. The molecule has 2 aromatic carbocycles. The first kappa shape index (κ1) is 48.8. The third kappa shape index (κ3) is 12.4. The van der Waals surface area contributed by atoms with Gasteiger partial charge in [-0.15, -0.1) is 0 Å². The van der Waals surface area contributed by atoms with E-state index in [9.17, 15) is 38.5 Å². The van der Waals surface area contributed by atoms with E-state index >= 15 is 0 Å². The van der Waals surface area contributed by atoms with Gasteiger partial charge in [-0.1, -0.05) is 69.4 Å². The number of rotatable bonds is 21. The maximum Gasteiger partial charge on any atom is 0.311 e. The molecule has 10 nitrogen and oxygen atoms in total. The Morgan fingerprint density at radius 3 is 2.39 bits per heavy atom. The molecule has 2 aromatic rings. The predicted octanol–water partition coefficient (Wildman–Crippen LogP) is 8.82. The van der Waals surface area contributed by atoms with Crippen molar-refractivity contribution in [3.8, 4) is 5.75 Å². The van der Waals surface area contributed by atoms with E-state index in [0.29, 0.717) is 68.7 Å². The summed E-state index contributed by atoms with van der Waals surface area (Å²) in [6.07, 6.45) is 11.5. The van der Waals surface area contributed by atoms with Crippen LogP contribution in [0.3, 0.4) is 0 Å². The maximum atomic E-state index is 13.8. The number of alkyl halides is 1. The summed E-state index contributed by atoms with van der Waals surface area (Å²) in [6, 6.07) is 12.8. The standard InChI is InChI=1S/C52H68F2N2O8/c1-6-52(4,5)51(62)64-46-29-32(2)28-36-9-8-33(3)43(48(36)46)23-20-40(57)30-41(58)31-47(60)55-26-7-27-63-42-21-12-35(13-22-42)49-44(24-25-45(59)34-10-14-37(53)15-11-34)50(61)56(49)39-18-16-38(54)17-19-39/h8-14,16-19,21-22,28,32-33,37,40-41,43-46,48-49,57-59H,6-7,15,20,23-27,29-31H2,1-5H3,(H,55,60). The van der Waals surface area contributed by atoms with E-state index < -0.39 is 41.6 Å². The number of benzene rings is 2. The number of esters is 1. The molecule has 0 bridgehead atoms. The predicted molar refractivity (Wildman–Crippen MR) is 243 cm³/mol. The van der Waals surface area contributed by atoms with Crippen molar-refractivity contribution in [3.63, 3.8) is 0 Å². The second-order valence-corrected chi connectivity index (χ2v) is 19.1. The number of fused-ring (bicyclic) bond motifs is 1. The van der Waals surface area contributed by atoms with Gasteiger partial charge < -0.3 is 35.0 Å². The quantitative estimate of drug-likeness (QED) is 0.0553. The van der Waals surface area contributed by atoms with Crippen molar-refractivity contribution in [2.45, 2.75) is 135 Å². The molecule has 1 fully saturated rings. The number of hydrogen-bond donors (Lipinski definition) is 4. The zero-order valence-corrected chi connectivity index (χ0v) is 38.0. The number of carbonyl (C=O) groups is 3. The molecular formula is C52H68F2N2O8. The van der Waals surface area contributed by atoms with Crippen molar-refractivity contribution in [1.82, 2.24) is 5.32 Å². The summed E-state index contributed by atoms with van der Waals surface area (Å²) in [4.78, 5) is 40.9. The van der Waals surface area contributed by atoms with Gasteiger partial charge in [0, 0.05) is 24.6 Å². The topological polar surface area (TPSA) is 146 Å². The van der Waals surface area contributed by atoms with Gasteiger partial charge in [0.05, 0.1) is 48.7 Å². The van der Waals surface area contributed by atoms with Crippen LogP contribution >= 0.6 is 0 Å². The van der Waals surface area contributed by atoms with Crippen molar-refractivity contribution < 1.29 is 48.0 Å². The molecule has 1 saturated heterocycles. The third-order valence-corrected chi connectivity index (χ3v) is 13.8. The summed E-state index contributed by atoms with van der Waals surface area (Å²) >= 11 is 0. The van der Waals surface area contributed by atoms with Crippen LogP contribution in [0.5, 0.6) is 5.75 Å². The van der Waals surface area contributed by atoms with Gasteiger partial charge in [-0.25, -0.2) is 8.78 Å². The van der Waals surface area contributed by atoms with E-state index in [1.54, 1.807) is 29.2 Å². The number of nitrogens with one attached hydrogen (secondary N) is 1. The monoisotopic (exact) mass is 886 g/mol. The lowest BCUT2D eigenvalue weighted by Crippen LogP contribution is -2.55. The molecule has 0 radical (unpaired) electrons. The van der Waals surface area contributed by atoms with E-state index in [4.69, 9.17) is 9.47 Å². The number of allylic oxidation sites excluding steroid dienone is 5. The van der Waals surface area contributed by atoms with E-state index in [1.165, 1.54) is 23.8 Å². The van der Waals surface area contributed by atoms with Crippen LogP contribution in [0.1, 0.15) is 110 Å². The number of halogens is 2. The maximum absolute atomic E-state index is 13.8. The molecule has 4 aliphatic rings. The van der Waals surface area contributed by atoms with Gasteiger partial charge >= 0.3 is 5.97 Å². The van der Waals surface area contributed by atoms with Crippen LogP contribution in [0.4, 0.5) is 14.5 Å². The first-order chi connectivity index (χ1) is 30.5. The van der Waals surface area contributed by atoms with Crippen LogP contribution in [0.2, 0.25) is 0 Å². The highest BCUT2D eigenvalue weighted by Gasteiger charge is 2.49. The fourth-order valence-corrected chi connectivity index (χ4v) is 9.56. The number of anilines is 1. The fraction of sp³-hybridized carbons (Fsp3) is 0.558. The number of aliphatic hydroxyl groups excluding tert-OH is 3. The highest BCUT2D eigenvalue weighted by Crippen LogP contribution is 2.47. The number of hydrogen-bond acceptors (Lipinski definition) is 8. The smallest absolute Gasteiger partial charge is 0.311 e. The molecule has 348 valence electrons. The molecule has 12 heteroatoms. The average Bonchev–Trinajstić information content (AvgIpc) is 3.26. The van der Waals surface area contributed by atoms with Crippen LogP contribution < -0.4 is 15.0 Å². The lowest BCUT2D eigenvalue weighted by atomic mass is 9.65. The number of ether oxygens (including phenoxy) is 2. The Kier molecular flexibility index (Phi) is 16.8. The molecule has 64 heavy (non-hydrogen) atoms. The largest absolute Gasteiger partial charge is 0.494 e. The van der Waals surface area contributed by atoms with Crippen LogP contribution in [0.25, 0.3) is 0 Å². The van der Waals surface area contributed by atoms with Gasteiger partial charge in [-0.2, -0.15) is 0 Å². The first-order valence-corrected chi connectivity index (χ1v) is 23.3. The number of nitrogens with zero attached hydrogens (tertiary/aromatic N) is 1. The minimum absolute atomic E-state index is 0.0424. The van der Waals surface area contributed by atoms with Gasteiger partial charge in [0.2, 0.25) is 11.8 Å². The summed E-state index contributed by atoms with van der Waals surface area (Å²) in [5.41, 5.74) is 2.70. The minimum Gasteiger partial charge on any atom is -0.494 e. The summed E-state index contributed by atoms with van der Waals surface area (Å²) < 4.78 is 39.5. The van der Waals surface area contributed by atoms with Crippen LogP contribution in [0.15, 0.2) is 96.1 Å². The number of aliphatic hydroxyl groups is 3. The van der Waals surface area contributed by atoms with E-state index in [2.05, 4.69) is 37.4 Å². The molecule has 1 heterocycles. The minimum atomic E-state index is -1.06. The van der Waals surface area contributed by atoms with Gasteiger partial charge in [-0.05, 0) is 136 Å². The highest BCUT2D eigenvalue weighted by molar-refractivity contribution is 6.03. The summed E-state index contributed by atoms with van der Waals surface area (Å²) in [5, 5.41) is 35.3.